The molecule has 0 spiro atoms. The summed E-state index contributed by atoms with van der Waals surface area (Å²) >= 11 is 0. The van der Waals surface area contributed by atoms with E-state index >= 15 is 8.78 Å². The van der Waals surface area contributed by atoms with Crippen molar-refractivity contribution in [1.29, 1.82) is 0 Å². The first-order valence-corrected chi connectivity index (χ1v) is 36.6. The van der Waals surface area contributed by atoms with Gasteiger partial charge in [-0.1, -0.05) is 348 Å². The Bertz CT molecular complexity index is 2350. The molecule has 5 aromatic rings. The highest BCUT2D eigenvalue weighted by molar-refractivity contribution is 6.04. The average molecular weight is 1160 g/mol. The lowest BCUT2D eigenvalue weighted by atomic mass is 9.68. The van der Waals surface area contributed by atoms with Gasteiger partial charge in [-0.2, -0.15) is 0 Å². The quantitative estimate of drug-likeness (QED) is 0.0361. The third kappa shape index (κ3) is 18.7. The van der Waals surface area contributed by atoms with E-state index in [1.54, 1.807) is 0 Å². The van der Waals surface area contributed by atoms with Crippen LogP contribution in [0.4, 0.5) is 8.78 Å². The SMILES string of the molecule is CCCCCCCCCCCCCCC1(CCCCCCCCCCCCCC)c2ccc3nonc3c2-c2c(F)c3c(c(F)c21)-c1c(ccc2nonc12)C3(CCCCCCCCCCCCCC)CCCCCCCCCCCCCC. The van der Waals surface area contributed by atoms with Crippen LogP contribution in [-0.2, 0) is 10.8 Å². The van der Waals surface area contributed by atoms with Gasteiger partial charge in [-0.05, 0) is 69.6 Å². The van der Waals surface area contributed by atoms with Crippen LogP contribution >= 0.6 is 0 Å². The predicted octanol–water partition coefficient (Wildman–Crippen LogP) is 25.9. The second kappa shape index (κ2) is 38.6. The van der Waals surface area contributed by atoms with E-state index in [1.165, 1.54) is 257 Å². The van der Waals surface area contributed by atoms with Crippen molar-refractivity contribution in [3.8, 4) is 22.3 Å². The Morgan fingerprint density at radius 1 is 0.274 bits per heavy atom. The Hall–Kier alpha value is -3.68. The number of aromatic nitrogens is 4. The van der Waals surface area contributed by atoms with Crippen LogP contribution in [-0.4, -0.2) is 20.6 Å². The molecule has 8 heteroatoms. The van der Waals surface area contributed by atoms with Gasteiger partial charge in [0.25, 0.3) is 0 Å². The number of unbranched alkanes of at least 4 members (excludes halogenated alkanes) is 44. The molecule has 2 aliphatic rings. The van der Waals surface area contributed by atoms with Crippen LogP contribution in [0.3, 0.4) is 0 Å². The van der Waals surface area contributed by atoms with Crippen LogP contribution in [0.1, 0.15) is 384 Å². The second-order valence-corrected chi connectivity index (χ2v) is 27.1. The molecule has 0 amide bonds. The van der Waals surface area contributed by atoms with Crippen molar-refractivity contribution in [1.82, 2.24) is 20.6 Å². The fourth-order valence-corrected chi connectivity index (χ4v) is 15.7. The molecule has 6 nitrogen and oxygen atoms in total. The molecule has 0 saturated heterocycles. The zero-order valence-electron chi connectivity index (χ0n) is 54.4. The van der Waals surface area contributed by atoms with Crippen LogP contribution in [0.25, 0.3) is 44.3 Å². The Morgan fingerprint density at radius 2 is 0.488 bits per heavy atom. The van der Waals surface area contributed by atoms with Gasteiger partial charge in [0, 0.05) is 44.2 Å². The van der Waals surface area contributed by atoms with Gasteiger partial charge < -0.3 is 0 Å². The van der Waals surface area contributed by atoms with Gasteiger partial charge in [0.1, 0.15) is 33.7 Å². The minimum atomic E-state index is -0.735. The smallest absolute Gasteiger partial charge is 0.143 e. The number of rotatable bonds is 52. The molecule has 0 fully saturated rings. The molecule has 0 N–H and O–H groups in total. The zero-order valence-corrected chi connectivity index (χ0v) is 54.4. The van der Waals surface area contributed by atoms with E-state index < -0.39 is 10.8 Å². The van der Waals surface area contributed by atoms with Crippen molar-refractivity contribution in [2.75, 3.05) is 0 Å². The zero-order chi connectivity index (χ0) is 58.9. The van der Waals surface area contributed by atoms with Gasteiger partial charge in [-0.3, -0.25) is 0 Å². The molecule has 0 bridgehead atoms. The number of fused-ring (bicyclic) bond motifs is 10. The minimum Gasteiger partial charge on any atom is -0.243 e. The summed E-state index contributed by atoms with van der Waals surface area (Å²) < 4.78 is 50.3. The molecule has 470 valence electrons. The Morgan fingerprint density at radius 3 is 0.714 bits per heavy atom. The normalized spacial score (nSPS) is 13.9. The molecular weight excluding hydrogens is 1040 g/mol. The van der Waals surface area contributed by atoms with Crippen molar-refractivity contribution in [2.45, 2.75) is 372 Å². The third-order valence-electron chi connectivity index (χ3n) is 20.6. The Labute approximate surface area is 511 Å². The monoisotopic (exact) mass is 1160 g/mol. The molecule has 2 aliphatic carbocycles. The van der Waals surface area contributed by atoms with Crippen LogP contribution in [0.15, 0.2) is 33.5 Å². The van der Waals surface area contributed by atoms with Crippen molar-refractivity contribution in [2.24, 2.45) is 0 Å². The van der Waals surface area contributed by atoms with Gasteiger partial charge in [0.05, 0.1) is 0 Å². The van der Waals surface area contributed by atoms with Crippen molar-refractivity contribution >= 4 is 22.1 Å². The van der Waals surface area contributed by atoms with E-state index in [0.29, 0.717) is 44.3 Å². The highest BCUT2D eigenvalue weighted by atomic mass is 19.1. The summed E-state index contributed by atoms with van der Waals surface area (Å²) in [4.78, 5) is 0. The number of halogens is 2. The number of nitrogens with zero attached hydrogens (tertiary/aromatic N) is 4. The average Bonchev–Trinajstić information content (AvgIpc) is 1.54. The lowest BCUT2D eigenvalue weighted by Gasteiger charge is -2.35. The van der Waals surface area contributed by atoms with Gasteiger partial charge in [0.15, 0.2) is 0 Å². The molecular formula is C76H120F2N4O2. The number of hydrogen-bond acceptors (Lipinski definition) is 6. The van der Waals surface area contributed by atoms with Crippen LogP contribution in [0, 0.1) is 11.6 Å². The van der Waals surface area contributed by atoms with E-state index in [0.717, 1.165) is 99.3 Å². The standard InChI is InChI=1S/C76H120F2N4O2/c1-5-9-13-17-21-25-29-33-37-41-45-49-57-75(58-50-46-42-38-34-30-26-22-18-14-10-6-2)61-53-55-63-73(81-83-79-63)65(61)67-69(75)71(77)68-66-62(54-56-64-74(66)82-84-80-64)76(70(68)72(67)78,59-51-47-43-39-35-31-27-23-19-15-11-7-3)60-52-48-44-40-36-32-28-24-20-16-12-8-4/h53-56H,5-52,57-60H2,1-4H3. The lowest BCUT2D eigenvalue weighted by Crippen LogP contribution is -2.29. The number of benzene rings is 3. The van der Waals surface area contributed by atoms with E-state index in [2.05, 4.69) is 60.5 Å². The second-order valence-electron chi connectivity index (χ2n) is 27.1. The fraction of sp³-hybridized carbons (Fsp3) is 0.763. The summed E-state index contributed by atoms with van der Waals surface area (Å²) in [6, 6.07) is 8.33. The van der Waals surface area contributed by atoms with Gasteiger partial charge in [0.2, 0.25) is 0 Å². The van der Waals surface area contributed by atoms with Crippen LogP contribution in [0.2, 0.25) is 0 Å². The minimum absolute atomic E-state index is 0.261. The lowest BCUT2D eigenvalue weighted by molar-refractivity contribution is 0.315. The highest BCUT2D eigenvalue weighted by Gasteiger charge is 2.54. The van der Waals surface area contributed by atoms with E-state index in [1.807, 2.05) is 12.1 Å². The Balaban J connectivity index is 1.20. The summed E-state index contributed by atoms with van der Waals surface area (Å²) in [6.45, 7) is 9.16. The van der Waals surface area contributed by atoms with E-state index in [-0.39, 0.29) is 11.6 Å². The summed E-state index contributed by atoms with van der Waals surface area (Å²) in [5.41, 5.74) is 6.26. The molecule has 0 unspecified atom stereocenters. The van der Waals surface area contributed by atoms with Gasteiger partial charge in [-0.15, -0.1) is 0 Å². The van der Waals surface area contributed by atoms with Crippen molar-refractivity contribution < 1.29 is 18.0 Å². The first-order valence-electron chi connectivity index (χ1n) is 36.6. The molecule has 2 aromatic heterocycles. The maximum atomic E-state index is 19.6. The summed E-state index contributed by atoms with van der Waals surface area (Å²) in [5.74, 6) is -0.522. The molecule has 3 aromatic carbocycles. The molecule has 0 saturated carbocycles. The predicted molar refractivity (Wildman–Crippen MR) is 352 cm³/mol. The van der Waals surface area contributed by atoms with Crippen molar-refractivity contribution in [3.63, 3.8) is 0 Å². The molecule has 84 heavy (non-hydrogen) atoms. The maximum Gasteiger partial charge on any atom is 0.143 e. The number of hydrogen-bond donors (Lipinski definition) is 0. The fourth-order valence-electron chi connectivity index (χ4n) is 15.7. The molecule has 0 aliphatic heterocycles. The molecule has 7 rings (SSSR count). The van der Waals surface area contributed by atoms with Gasteiger partial charge in [-0.25, -0.2) is 18.0 Å². The summed E-state index contributed by atoms with van der Waals surface area (Å²) in [7, 11) is 0. The van der Waals surface area contributed by atoms with E-state index in [4.69, 9.17) is 9.26 Å². The summed E-state index contributed by atoms with van der Waals surface area (Å²) in [5, 5.41) is 17.9. The Kier molecular flexibility index (Phi) is 31.1. The molecule has 0 radical (unpaired) electrons. The summed E-state index contributed by atoms with van der Waals surface area (Å²) in [6.07, 6.45) is 63.4. The maximum absolute atomic E-state index is 19.6. The molecule has 0 atom stereocenters. The van der Waals surface area contributed by atoms with Crippen LogP contribution in [0.5, 0.6) is 0 Å². The first-order chi connectivity index (χ1) is 41.5. The topological polar surface area (TPSA) is 77.8 Å². The first kappa shape index (κ1) is 67.8. The van der Waals surface area contributed by atoms with Crippen molar-refractivity contribution in [3.05, 3.63) is 58.2 Å². The van der Waals surface area contributed by atoms with Gasteiger partial charge >= 0.3 is 0 Å². The largest absolute Gasteiger partial charge is 0.243 e. The van der Waals surface area contributed by atoms with Crippen LogP contribution < -0.4 is 0 Å². The van der Waals surface area contributed by atoms with E-state index in [9.17, 15) is 0 Å². The molecule has 2 heterocycles. The highest BCUT2D eigenvalue weighted by Crippen LogP contribution is 2.65. The third-order valence-corrected chi connectivity index (χ3v) is 20.6.